The third kappa shape index (κ3) is 3.55. The molecule has 0 heterocycles. The molecule has 1 aromatic rings. The SMILES string of the molecule is COCCC(C)C(N)c1c(C)cc(C)cc1C. The van der Waals surface area contributed by atoms with E-state index in [4.69, 9.17) is 10.5 Å². The van der Waals surface area contributed by atoms with Gasteiger partial charge in [-0.1, -0.05) is 24.6 Å². The summed E-state index contributed by atoms with van der Waals surface area (Å²) in [4.78, 5) is 0. The number of hydrogen-bond donors (Lipinski definition) is 1. The standard InChI is InChI=1S/C15H25NO/c1-10-8-12(3)14(13(4)9-10)15(16)11(2)6-7-17-5/h8-9,11,15H,6-7,16H2,1-5H3. The number of benzene rings is 1. The Bertz CT molecular complexity index is 350. The number of rotatable bonds is 5. The minimum atomic E-state index is 0.103. The lowest BCUT2D eigenvalue weighted by molar-refractivity contribution is 0.174. The molecule has 0 radical (unpaired) electrons. The van der Waals surface area contributed by atoms with E-state index in [-0.39, 0.29) is 6.04 Å². The molecule has 1 rings (SSSR count). The third-order valence-corrected chi connectivity index (χ3v) is 3.46. The molecule has 17 heavy (non-hydrogen) atoms. The Kier molecular flexibility index (Phi) is 5.16. The van der Waals surface area contributed by atoms with Crippen LogP contribution in [0.2, 0.25) is 0 Å². The van der Waals surface area contributed by atoms with Gasteiger partial charge >= 0.3 is 0 Å². The average molecular weight is 235 g/mol. The van der Waals surface area contributed by atoms with Crippen LogP contribution in [0.4, 0.5) is 0 Å². The van der Waals surface area contributed by atoms with E-state index in [1.807, 2.05) is 0 Å². The van der Waals surface area contributed by atoms with Gasteiger partial charge in [-0.2, -0.15) is 0 Å². The number of hydrogen-bond acceptors (Lipinski definition) is 2. The van der Waals surface area contributed by atoms with E-state index in [0.29, 0.717) is 5.92 Å². The van der Waals surface area contributed by atoms with Crippen LogP contribution in [0.25, 0.3) is 0 Å². The van der Waals surface area contributed by atoms with Gasteiger partial charge in [0.05, 0.1) is 0 Å². The van der Waals surface area contributed by atoms with E-state index in [0.717, 1.165) is 13.0 Å². The maximum Gasteiger partial charge on any atom is 0.0465 e. The van der Waals surface area contributed by atoms with Gasteiger partial charge in [0, 0.05) is 19.8 Å². The second-order valence-corrected chi connectivity index (χ2v) is 5.10. The second kappa shape index (κ2) is 6.18. The molecule has 0 amide bonds. The number of methoxy groups -OCH3 is 1. The van der Waals surface area contributed by atoms with Crippen LogP contribution < -0.4 is 5.73 Å². The molecule has 2 unspecified atom stereocenters. The fourth-order valence-electron chi connectivity index (χ4n) is 2.48. The number of nitrogens with two attached hydrogens (primary N) is 1. The highest BCUT2D eigenvalue weighted by Crippen LogP contribution is 2.28. The lowest BCUT2D eigenvalue weighted by atomic mass is 9.86. The van der Waals surface area contributed by atoms with Crippen molar-refractivity contribution in [1.29, 1.82) is 0 Å². The molecule has 2 N–H and O–H groups in total. The minimum Gasteiger partial charge on any atom is -0.385 e. The molecule has 0 aliphatic rings. The molecule has 0 saturated heterocycles. The fourth-order valence-corrected chi connectivity index (χ4v) is 2.48. The summed E-state index contributed by atoms with van der Waals surface area (Å²) in [5, 5.41) is 0. The summed E-state index contributed by atoms with van der Waals surface area (Å²) < 4.78 is 5.12. The van der Waals surface area contributed by atoms with Crippen LogP contribution in [0.1, 0.15) is 41.6 Å². The van der Waals surface area contributed by atoms with Gasteiger partial charge in [-0.15, -0.1) is 0 Å². The quantitative estimate of drug-likeness (QED) is 0.850. The Morgan fingerprint density at radius 3 is 2.18 bits per heavy atom. The molecule has 0 aliphatic carbocycles. The van der Waals surface area contributed by atoms with Crippen LogP contribution in [-0.4, -0.2) is 13.7 Å². The normalized spacial score (nSPS) is 14.7. The summed E-state index contributed by atoms with van der Waals surface area (Å²) in [6.45, 7) is 9.40. The van der Waals surface area contributed by atoms with Crippen molar-refractivity contribution >= 4 is 0 Å². The van der Waals surface area contributed by atoms with E-state index in [1.165, 1.54) is 22.3 Å². The Balaban J connectivity index is 2.91. The Labute approximate surface area is 105 Å². The average Bonchev–Trinajstić information content (AvgIpc) is 2.24. The maximum atomic E-state index is 6.38. The molecule has 2 heteroatoms. The first kappa shape index (κ1) is 14.2. The highest BCUT2D eigenvalue weighted by atomic mass is 16.5. The lowest BCUT2D eigenvalue weighted by Gasteiger charge is -2.24. The van der Waals surface area contributed by atoms with Crippen LogP contribution >= 0.6 is 0 Å². The first-order chi connectivity index (χ1) is 7.97. The Hall–Kier alpha value is -0.860. The van der Waals surface area contributed by atoms with Crippen molar-refractivity contribution in [3.63, 3.8) is 0 Å². The predicted octanol–water partition coefficient (Wildman–Crippen LogP) is 3.28. The molecule has 0 spiro atoms. The van der Waals surface area contributed by atoms with Crippen molar-refractivity contribution in [1.82, 2.24) is 0 Å². The summed E-state index contributed by atoms with van der Waals surface area (Å²) in [6.07, 6.45) is 1.00. The molecular formula is C15H25NO. The zero-order chi connectivity index (χ0) is 13.0. The summed E-state index contributed by atoms with van der Waals surface area (Å²) in [7, 11) is 1.74. The van der Waals surface area contributed by atoms with Crippen LogP contribution in [0.15, 0.2) is 12.1 Å². The second-order valence-electron chi connectivity index (χ2n) is 5.10. The van der Waals surface area contributed by atoms with Crippen LogP contribution in [-0.2, 0) is 4.74 Å². The fraction of sp³-hybridized carbons (Fsp3) is 0.600. The molecule has 96 valence electrons. The van der Waals surface area contributed by atoms with Crippen molar-refractivity contribution in [2.24, 2.45) is 11.7 Å². The van der Waals surface area contributed by atoms with Gasteiger partial charge < -0.3 is 10.5 Å². The molecule has 0 aliphatic heterocycles. The van der Waals surface area contributed by atoms with E-state index in [1.54, 1.807) is 7.11 Å². The predicted molar refractivity (Wildman–Crippen MR) is 73.2 cm³/mol. The lowest BCUT2D eigenvalue weighted by Crippen LogP contribution is -2.22. The van der Waals surface area contributed by atoms with Gasteiger partial charge in [0.15, 0.2) is 0 Å². The van der Waals surface area contributed by atoms with Gasteiger partial charge in [-0.25, -0.2) is 0 Å². The van der Waals surface area contributed by atoms with Gasteiger partial charge in [-0.05, 0) is 49.8 Å². The monoisotopic (exact) mass is 235 g/mol. The highest BCUT2D eigenvalue weighted by molar-refractivity contribution is 5.39. The molecule has 0 saturated carbocycles. The molecule has 2 atom stereocenters. The minimum absolute atomic E-state index is 0.103. The molecule has 0 aromatic heterocycles. The third-order valence-electron chi connectivity index (χ3n) is 3.46. The molecular weight excluding hydrogens is 210 g/mol. The largest absolute Gasteiger partial charge is 0.385 e. The highest BCUT2D eigenvalue weighted by Gasteiger charge is 2.18. The van der Waals surface area contributed by atoms with E-state index >= 15 is 0 Å². The van der Waals surface area contributed by atoms with E-state index in [9.17, 15) is 0 Å². The summed E-state index contributed by atoms with van der Waals surface area (Å²) in [5.74, 6) is 0.440. The van der Waals surface area contributed by atoms with Gasteiger partial charge in [-0.3, -0.25) is 0 Å². The molecule has 1 aromatic carbocycles. The van der Waals surface area contributed by atoms with Crippen LogP contribution in [0.3, 0.4) is 0 Å². The summed E-state index contributed by atoms with van der Waals surface area (Å²) in [6, 6.07) is 4.53. The number of ether oxygens (including phenoxy) is 1. The topological polar surface area (TPSA) is 35.2 Å². The van der Waals surface area contributed by atoms with E-state index in [2.05, 4.69) is 39.8 Å². The van der Waals surface area contributed by atoms with Gasteiger partial charge in [0.25, 0.3) is 0 Å². The van der Waals surface area contributed by atoms with E-state index < -0.39 is 0 Å². The van der Waals surface area contributed by atoms with Crippen molar-refractivity contribution in [3.8, 4) is 0 Å². The summed E-state index contributed by atoms with van der Waals surface area (Å²) >= 11 is 0. The van der Waals surface area contributed by atoms with Crippen molar-refractivity contribution in [2.45, 2.75) is 40.2 Å². The molecule has 0 bridgehead atoms. The van der Waals surface area contributed by atoms with Crippen molar-refractivity contribution in [2.75, 3.05) is 13.7 Å². The molecule has 2 nitrogen and oxygen atoms in total. The first-order valence-electron chi connectivity index (χ1n) is 6.29. The maximum absolute atomic E-state index is 6.38. The Morgan fingerprint density at radius 2 is 1.71 bits per heavy atom. The Morgan fingerprint density at radius 1 is 1.18 bits per heavy atom. The van der Waals surface area contributed by atoms with Crippen LogP contribution in [0.5, 0.6) is 0 Å². The summed E-state index contributed by atoms with van der Waals surface area (Å²) in [5.41, 5.74) is 11.6. The zero-order valence-electron chi connectivity index (χ0n) is 11.7. The van der Waals surface area contributed by atoms with Gasteiger partial charge in [0.2, 0.25) is 0 Å². The van der Waals surface area contributed by atoms with Crippen molar-refractivity contribution < 1.29 is 4.74 Å². The van der Waals surface area contributed by atoms with Crippen molar-refractivity contribution in [3.05, 3.63) is 34.4 Å². The molecule has 0 fully saturated rings. The smallest absolute Gasteiger partial charge is 0.0465 e. The zero-order valence-corrected chi connectivity index (χ0v) is 11.7. The van der Waals surface area contributed by atoms with Crippen LogP contribution in [0, 0.1) is 26.7 Å². The number of aryl methyl sites for hydroxylation is 3. The first-order valence-corrected chi connectivity index (χ1v) is 6.29. The van der Waals surface area contributed by atoms with Gasteiger partial charge in [0.1, 0.15) is 0 Å².